The third-order valence-electron chi connectivity index (χ3n) is 6.28. The summed E-state index contributed by atoms with van der Waals surface area (Å²) in [7, 11) is -4.32. The summed E-state index contributed by atoms with van der Waals surface area (Å²) >= 11 is 0. The second kappa shape index (κ2) is 21.6. The molecule has 0 aliphatic rings. The van der Waals surface area contributed by atoms with E-state index in [9.17, 15) is 13.0 Å². The summed E-state index contributed by atoms with van der Waals surface area (Å²) in [6.45, 7) is 2.28. The van der Waals surface area contributed by atoms with Crippen molar-refractivity contribution in [1.29, 1.82) is 0 Å². The van der Waals surface area contributed by atoms with Crippen molar-refractivity contribution in [1.82, 2.24) is 0 Å². The third-order valence-corrected chi connectivity index (χ3v) is 7.13. The maximum atomic E-state index is 10.9. The molecule has 180 valence electrons. The molecule has 0 aliphatic carbocycles. The van der Waals surface area contributed by atoms with Crippen LogP contribution in [-0.2, 0) is 16.5 Å². The molecule has 0 radical (unpaired) electrons. The fraction of sp³-hybridized carbons (Fsp3) is 0.778. The van der Waals surface area contributed by atoms with Gasteiger partial charge in [0.05, 0.1) is 4.90 Å². The van der Waals surface area contributed by atoms with Crippen LogP contribution >= 0.6 is 0 Å². The van der Waals surface area contributed by atoms with Gasteiger partial charge >= 0.3 is 29.6 Å². The standard InChI is InChI=1S/C27H48O3S.Na/c1-2-3-4-5-6-7-8-9-10-11-12-13-14-15-16-17-18-19-20-21-26-22-24-27(25-23-26)31(28,29)30;/h22-25H,2-21H2,1H3,(H,28,29,30);/q;+1/p-1. The van der Waals surface area contributed by atoms with Crippen molar-refractivity contribution >= 4 is 10.1 Å². The van der Waals surface area contributed by atoms with E-state index in [-0.39, 0.29) is 34.5 Å². The third kappa shape index (κ3) is 18.5. The van der Waals surface area contributed by atoms with Gasteiger partial charge in [0, 0.05) is 0 Å². The first-order valence-electron chi connectivity index (χ1n) is 13.1. The second-order valence-electron chi connectivity index (χ2n) is 9.21. The molecule has 1 aromatic rings. The average Bonchev–Trinajstić information content (AvgIpc) is 2.75. The quantitative estimate of drug-likeness (QED) is 0.133. The Morgan fingerprint density at radius 2 is 0.875 bits per heavy atom. The van der Waals surface area contributed by atoms with E-state index in [1.807, 2.05) is 0 Å². The van der Waals surface area contributed by atoms with Gasteiger partial charge in [0.1, 0.15) is 10.1 Å². The van der Waals surface area contributed by atoms with E-state index in [1.165, 1.54) is 128 Å². The minimum atomic E-state index is -4.32. The molecule has 32 heavy (non-hydrogen) atoms. The van der Waals surface area contributed by atoms with E-state index >= 15 is 0 Å². The molecule has 5 heteroatoms. The van der Waals surface area contributed by atoms with E-state index in [4.69, 9.17) is 0 Å². The normalized spacial score (nSPS) is 11.4. The zero-order valence-corrected chi connectivity index (χ0v) is 23.9. The Labute approximate surface area is 221 Å². The maximum absolute atomic E-state index is 10.9. The summed E-state index contributed by atoms with van der Waals surface area (Å²) in [5.74, 6) is 0. The van der Waals surface area contributed by atoms with Gasteiger partial charge in [0.25, 0.3) is 0 Å². The van der Waals surface area contributed by atoms with Crippen LogP contribution in [0.25, 0.3) is 0 Å². The fourth-order valence-corrected chi connectivity index (χ4v) is 4.70. The topological polar surface area (TPSA) is 57.2 Å². The zero-order chi connectivity index (χ0) is 22.6. The van der Waals surface area contributed by atoms with Crippen LogP contribution in [0.4, 0.5) is 0 Å². The first-order chi connectivity index (χ1) is 15.0. The van der Waals surface area contributed by atoms with E-state index in [1.54, 1.807) is 12.1 Å². The Morgan fingerprint density at radius 3 is 1.19 bits per heavy atom. The van der Waals surface area contributed by atoms with E-state index in [0.29, 0.717) is 0 Å². The molecule has 0 aliphatic heterocycles. The smallest absolute Gasteiger partial charge is 0.744 e. The van der Waals surface area contributed by atoms with Crippen molar-refractivity contribution in [3.8, 4) is 0 Å². The molecule has 0 atom stereocenters. The van der Waals surface area contributed by atoms with Crippen molar-refractivity contribution in [2.24, 2.45) is 0 Å². The predicted molar refractivity (Wildman–Crippen MR) is 132 cm³/mol. The number of hydrogen-bond donors (Lipinski definition) is 0. The molecule has 0 bridgehead atoms. The number of benzene rings is 1. The van der Waals surface area contributed by atoms with Gasteiger partial charge in [-0.15, -0.1) is 0 Å². The molecule has 0 fully saturated rings. The molecule has 0 N–H and O–H groups in total. The Bertz CT molecular complexity index is 629. The number of aryl methyl sites for hydroxylation is 1. The monoisotopic (exact) mass is 474 g/mol. The molecule has 0 unspecified atom stereocenters. The van der Waals surface area contributed by atoms with E-state index in [2.05, 4.69) is 6.92 Å². The van der Waals surface area contributed by atoms with Crippen molar-refractivity contribution in [3.05, 3.63) is 29.8 Å². The second-order valence-corrected chi connectivity index (χ2v) is 10.6. The Kier molecular flexibility index (Phi) is 21.7. The van der Waals surface area contributed by atoms with Crippen LogP contribution in [0.1, 0.15) is 134 Å². The number of hydrogen-bond acceptors (Lipinski definition) is 3. The van der Waals surface area contributed by atoms with Crippen molar-refractivity contribution in [2.45, 2.75) is 140 Å². The SMILES string of the molecule is CCCCCCCCCCCCCCCCCCCCCc1ccc(S(=O)(=O)[O-])cc1.[Na+]. The molecule has 0 saturated heterocycles. The van der Waals surface area contributed by atoms with E-state index < -0.39 is 10.1 Å². The van der Waals surface area contributed by atoms with Crippen LogP contribution in [0.15, 0.2) is 29.2 Å². The molecule has 1 rings (SSSR count). The number of rotatable bonds is 21. The Hall–Kier alpha value is 0.130. The van der Waals surface area contributed by atoms with Gasteiger partial charge in [-0.1, -0.05) is 135 Å². The Balaban J connectivity index is 0.00000961. The van der Waals surface area contributed by atoms with Gasteiger partial charge in [-0.25, -0.2) is 8.42 Å². The molecule has 0 amide bonds. The van der Waals surface area contributed by atoms with Crippen LogP contribution in [0.5, 0.6) is 0 Å². The predicted octanol–water partition coefficient (Wildman–Crippen LogP) is 5.57. The first-order valence-corrected chi connectivity index (χ1v) is 14.5. The van der Waals surface area contributed by atoms with Gasteiger partial charge < -0.3 is 4.55 Å². The van der Waals surface area contributed by atoms with Crippen LogP contribution in [0.2, 0.25) is 0 Å². The number of unbranched alkanes of at least 4 members (excludes halogenated alkanes) is 18. The maximum Gasteiger partial charge on any atom is 1.00 e. The molecular formula is C27H47NaO3S. The van der Waals surface area contributed by atoms with Gasteiger partial charge in [0.15, 0.2) is 0 Å². The minimum absolute atomic E-state index is 0. The molecular weight excluding hydrogens is 427 g/mol. The molecule has 0 heterocycles. The van der Waals surface area contributed by atoms with Gasteiger partial charge in [-0.3, -0.25) is 0 Å². The Morgan fingerprint density at radius 1 is 0.562 bits per heavy atom. The summed E-state index contributed by atoms with van der Waals surface area (Å²) < 4.78 is 32.8. The van der Waals surface area contributed by atoms with Gasteiger partial charge in [-0.2, -0.15) is 0 Å². The van der Waals surface area contributed by atoms with Gasteiger partial charge in [0.2, 0.25) is 0 Å². The summed E-state index contributed by atoms with van der Waals surface area (Å²) in [5, 5.41) is 0. The van der Waals surface area contributed by atoms with Crippen LogP contribution < -0.4 is 29.6 Å². The summed E-state index contributed by atoms with van der Waals surface area (Å²) in [4.78, 5) is -0.135. The minimum Gasteiger partial charge on any atom is -0.744 e. The van der Waals surface area contributed by atoms with Crippen molar-refractivity contribution in [2.75, 3.05) is 0 Å². The zero-order valence-electron chi connectivity index (χ0n) is 21.1. The molecule has 1 aromatic carbocycles. The van der Waals surface area contributed by atoms with E-state index in [0.717, 1.165) is 18.4 Å². The van der Waals surface area contributed by atoms with Crippen LogP contribution in [-0.4, -0.2) is 13.0 Å². The largest absolute Gasteiger partial charge is 1.00 e. The molecule has 0 spiro atoms. The summed E-state index contributed by atoms with van der Waals surface area (Å²) in [6.07, 6.45) is 27.2. The van der Waals surface area contributed by atoms with Crippen LogP contribution in [0, 0.1) is 0 Å². The summed E-state index contributed by atoms with van der Waals surface area (Å²) in [6, 6.07) is 6.37. The first kappa shape index (κ1) is 32.1. The van der Waals surface area contributed by atoms with Gasteiger partial charge in [-0.05, 0) is 30.5 Å². The van der Waals surface area contributed by atoms with Crippen molar-refractivity contribution in [3.63, 3.8) is 0 Å². The molecule has 0 aromatic heterocycles. The molecule has 3 nitrogen and oxygen atoms in total. The van der Waals surface area contributed by atoms with Crippen LogP contribution in [0.3, 0.4) is 0 Å². The van der Waals surface area contributed by atoms with Crippen molar-refractivity contribution < 1.29 is 42.5 Å². The average molecular weight is 475 g/mol. The molecule has 0 saturated carbocycles. The fourth-order valence-electron chi connectivity index (χ4n) is 4.23. The summed E-state index contributed by atoms with van der Waals surface area (Å²) in [5.41, 5.74) is 1.11.